The molecule has 1 saturated heterocycles. The number of hydrogen-bond donors (Lipinski definition) is 2. The number of nitrogens with zero attached hydrogens (tertiary/aromatic N) is 1. The van der Waals surface area contributed by atoms with Crippen LogP contribution in [0.2, 0.25) is 0 Å². The van der Waals surface area contributed by atoms with Crippen LogP contribution >= 0.6 is 15.9 Å². The second-order valence-corrected chi connectivity index (χ2v) is 6.59. The van der Waals surface area contributed by atoms with Crippen molar-refractivity contribution in [1.29, 1.82) is 0 Å². The van der Waals surface area contributed by atoms with E-state index >= 15 is 0 Å². The van der Waals surface area contributed by atoms with Crippen molar-refractivity contribution in [2.45, 2.75) is 31.9 Å². The highest BCUT2D eigenvalue weighted by Crippen LogP contribution is 2.33. The van der Waals surface area contributed by atoms with E-state index in [1.807, 2.05) is 18.2 Å². The number of β-amino-alcohol motifs (C(OH)–C–C–N with tert-alkyl or cyclic N) is 1. The number of carbonyl (C=O) groups excluding carboxylic acids is 2. The van der Waals surface area contributed by atoms with Crippen LogP contribution in [0, 0.1) is 0 Å². The SMILES string of the molecule is CC(C)(O)CN1C(=O)NC(C)(c2ccccc2Br)C1=O. The highest BCUT2D eigenvalue weighted by Gasteiger charge is 2.50. The van der Waals surface area contributed by atoms with E-state index in [0.29, 0.717) is 5.56 Å². The molecule has 2 rings (SSSR count). The fourth-order valence-electron chi connectivity index (χ4n) is 2.28. The van der Waals surface area contributed by atoms with Gasteiger partial charge in [0.1, 0.15) is 5.54 Å². The lowest BCUT2D eigenvalue weighted by atomic mass is 9.92. The molecule has 2 N–H and O–H groups in total. The molecule has 0 radical (unpaired) electrons. The van der Waals surface area contributed by atoms with Gasteiger partial charge in [-0.1, -0.05) is 34.1 Å². The van der Waals surface area contributed by atoms with E-state index in [4.69, 9.17) is 0 Å². The maximum absolute atomic E-state index is 12.6. The highest BCUT2D eigenvalue weighted by atomic mass is 79.9. The number of benzene rings is 1. The number of rotatable bonds is 3. The Morgan fingerprint density at radius 2 is 1.95 bits per heavy atom. The van der Waals surface area contributed by atoms with Gasteiger partial charge in [0.15, 0.2) is 0 Å². The normalized spacial score (nSPS) is 23.1. The van der Waals surface area contributed by atoms with Crippen molar-refractivity contribution in [3.8, 4) is 0 Å². The number of halogens is 1. The summed E-state index contributed by atoms with van der Waals surface area (Å²) in [6.45, 7) is 4.73. The van der Waals surface area contributed by atoms with Gasteiger partial charge in [0, 0.05) is 10.0 Å². The predicted octanol–water partition coefficient (Wildman–Crippen LogP) is 1.99. The Morgan fingerprint density at radius 3 is 2.50 bits per heavy atom. The van der Waals surface area contributed by atoms with Gasteiger partial charge in [-0.05, 0) is 26.8 Å². The van der Waals surface area contributed by atoms with Crippen molar-refractivity contribution < 1.29 is 14.7 Å². The largest absolute Gasteiger partial charge is 0.389 e. The first-order chi connectivity index (χ1) is 9.15. The number of amides is 3. The molecule has 0 aliphatic carbocycles. The third-order valence-corrected chi connectivity index (χ3v) is 3.92. The van der Waals surface area contributed by atoms with E-state index in [0.717, 1.165) is 9.37 Å². The van der Waals surface area contributed by atoms with Crippen molar-refractivity contribution in [3.63, 3.8) is 0 Å². The lowest BCUT2D eigenvalue weighted by Gasteiger charge is -2.26. The zero-order valence-electron chi connectivity index (χ0n) is 11.6. The van der Waals surface area contributed by atoms with E-state index in [9.17, 15) is 14.7 Å². The van der Waals surface area contributed by atoms with Crippen molar-refractivity contribution in [2.24, 2.45) is 0 Å². The molecule has 6 heteroatoms. The molecule has 5 nitrogen and oxygen atoms in total. The Balaban J connectivity index is 2.39. The van der Waals surface area contributed by atoms with Crippen molar-refractivity contribution in [3.05, 3.63) is 34.3 Å². The Bertz CT molecular complexity index is 568. The third-order valence-electron chi connectivity index (χ3n) is 3.23. The highest BCUT2D eigenvalue weighted by molar-refractivity contribution is 9.10. The number of imide groups is 1. The summed E-state index contributed by atoms with van der Waals surface area (Å²) in [5.41, 5.74) is -1.56. The molecule has 1 heterocycles. The van der Waals surface area contributed by atoms with Gasteiger partial charge < -0.3 is 10.4 Å². The zero-order chi connectivity index (χ0) is 15.1. The van der Waals surface area contributed by atoms with E-state index in [1.54, 1.807) is 26.8 Å². The number of hydrogen-bond acceptors (Lipinski definition) is 3. The second kappa shape index (κ2) is 4.86. The fraction of sp³-hybridized carbons (Fsp3) is 0.429. The van der Waals surface area contributed by atoms with Gasteiger partial charge in [-0.2, -0.15) is 0 Å². The van der Waals surface area contributed by atoms with Crippen LogP contribution in [0.25, 0.3) is 0 Å². The minimum atomic E-state index is -1.13. The number of aliphatic hydroxyl groups is 1. The summed E-state index contributed by atoms with van der Waals surface area (Å²) in [6, 6.07) is 6.76. The summed E-state index contributed by atoms with van der Waals surface area (Å²) >= 11 is 3.40. The number of nitrogens with one attached hydrogen (secondary N) is 1. The summed E-state index contributed by atoms with van der Waals surface area (Å²) in [6.07, 6.45) is 0. The monoisotopic (exact) mass is 340 g/mol. The lowest BCUT2D eigenvalue weighted by Crippen LogP contribution is -2.44. The molecule has 1 aromatic rings. The molecule has 0 spiro atoms. The summed E-state index contributed by atoms with van der Waals surface area (Å²) in [4.78, 5) is 25.7. The molecule has 1 unspecified atom stereocenters. The summed E-state index contributed by atoms with van der Waals surface area (Å²) in [7, 11) is 0. The van der Waals surface area contributed by atoms with Crippen LogP contribution < -0.4 is 5.32 Å². The molecule has 1 atom stereocenters. The molecule has 0 aromatic heterocycles. The summed E-state index contributed by atoms with van der Waals surface area (Å²) < 4.78 is 0.751. The molecule has 1 aliphatic rings. The van der Waals surface area contributed by atoms with Gasteiger partial charge in [0.05, 0.1) is 12.1 Å². The zero-order valence-corrected chi connectivity index (χ0v) is 13.2. The van der Waals surface area contributed by atoms with Gasteiger partial charge in [-0.3, -0.25) is 9.69 Å². The van der Waals surface area contributed by atoms with Crippen LogP contribution in [-0.4, -0.2) is 34.1 Å². The van der Waals surface area contributed by atoms with E-state index in [2.05, 4.69) is 21.2 Å². The average molecular weight is 341 g/mol. The molecular formula is C14H17BrN2O3. The van der Waals surface area contributed by atoms with Gasteiger partial charge in [-0.15, -0.1) is 0 Å². The Kier molecular flexibility index (Phi) is 3.64. The molecule has 1 aromatic carbocycles. The van der Waals surface area contributed by atoms with Crippen molar-refractivity contribution in [1.82, 2.24) is 10.2 Å². The average Bonchev–Trinajstić information content (AvgIpc) is 2.53. The first kappa shape index (κ1) is 15.0. The lowest BCUT2D eigenvalue weighted by molar-refractivity contribution is -0.133. The third kappa shape index (κ3) is 2.58. The Morgan fingerprint density at radius 1 is 1.35 bits per heavy atom. The molecule has 0 bridgehead atoms. The topological polar surface area (TPSA) is 69.6 Å². The van der Waals surface area contributed by atoms with Crippen LogP contribution in [0.4, 0.5) is 4.79 Å². The molecule has 20 heavy (non-hydrogen) atoms. The summed E-state index contributed by atoms with van der Waals surface area (Å²) in [5, 5.41) is 12.5. The maximum Gasteiger partial charge on any atom is 0.325 e. The van der Waals surface area contributed by atoms with E-state index in [-0.39, 0.29) is 12.5 Å². The fourth-order valence-corrected chi connectivity index (χ4v) is 2.96. The molecule has 1 fully saturated rings. The van der Waals surface area contributed by atoms with Crippen molar-refractivity contribution in [2.75, 3.05) is 6.54 Å². The first-order valence-corrected chi connectivity index (χ1v) is 7.06. The molecule has 3 amide bonds. The Labute approximate surface area is 126 Å². The van der Waals surface area contributed by atoms with Crippen molar-refractivity contribution >= 4 is 27.9 Å². The van der Waals surface area contributed by atoms with Gasteiger partial charge in [-0.25, -0.2) is 4.79 Å². The number of urea groups is 1. The van der Waals surface area contributed by atoms with Crippen LogP contribution in [0.3, 0.4) is 0 Å². The first-order valence-electron chi connectivity index (χ1n) is 6.27. The molecular weight excluding hydrogens is 324 g/mol. The van der Waals surface area contributed by atoms with Crippen LogP contribution in [-0.2, 0) is 10.3 Å². The quantitative estimate of drug-likeness (QED) is 0.826. The standard InChI is InChI=1S/C14H17BrN2O3/c1-13(2,20)8-17-11(18)14(3,16-12(17)19)9-6-4-5-7-10(9)15/h4-7,20H,8H2,1-3H3,(H,16,19). The van der Waals surface area contributed by atoms with Gasteiger partial charge >= 0.3 is 6.03 Å². The molecule has 108 valence electrons. The smallest absolute Gasteiger partial charge is 0.325 e. The van der Waals surface area contributed by atoms with Crippen LogP contribution in [0.15, 0.2) is 28.7 Å². The van der Waals surface area contributed by atoms with E-state index in [1.165, 1.54) is 0 Å². The van der Waals surface area contributed by atoms with Crippen LogP contribution in [0.1, 0.15) is 26.3 Å². The minimum Gasteiger partial charge on any atom is -0.389 e. The predicted molar refractivity (Wildman–Crippen MR) is 78.0 cm³/mol. The van der Waals surface area contributed by atoms with Crippen LogP contribution in [0.5, 0.6) is 0 Å². The maximum atomic E-state index is 12.6. The van der Waals surface area contributed by atoms with E-state index < -0.39 is 17.2 Å². The number of carbonyl (C=O) groups is 2. The molecule has 0 saturated carbocycles. The molecule has 1 aliphatic heterocycles. The Hall–Kier alpha value is -1.40. The van der Waals surface area contributed by atoms with Gasteiger partial charge in [0.25, 0.3) is 5.91 Å². The second-order valence-electron chi connectivity index (χ2n) is 5.74. The minimum absolute atomic E-state index is 0.0439. The summed E-state index contributed by atoms with van der Waals surface area (Å²) in [5.74, 6) is -0.364. The van der Waals surface area contributed by atoms with Gasteiger partial charge in [0.2, 0.25) is 0 Å².